The van der Waals surface area contributed by atoms with E-state index in [2.05, 4.69) is 0 Å². The van der Waals surface area contributed by atoms with E-state index in [1.165, 1.54) is 6.08 Å². The van der Waals surface area contributed by atoms with Crippen molar-refractivity contribution in [3.63, 3.8) is 0 Å². The van der Waals surface area contributed by atoms with Crippen LogP contribution in [0, 0.1) is 5.92 Å². The summed E-state index contributed by atoms with van der Waals surface area (Å²) in [7, 11) is 0. The Hall–Kier alpha value is -0.380. The predicted octanol–water partition coefficient (Wildman–Crippen LogP) is -1.11. The molecule has 0 aromatic heterocycles. The molecule has 0 saturated heterocycles. The van der Waals surface area contributed by atoms with Crippen LogP contribution < -0.4 is 0 Å². The molecule has 0 radical (unpaired) electrons. The molecule has 0 bridgehead atoms. The van der Waals surface area contributed by atoms with Crippen molar-refractivity contribution in [3.05, 3.63) is 12.2 Å². The van der Waals surface area contributed by atoms with E-state index >= 15 is 0 Å². The topological polar surface area (TPSA) is 60.7 Å². The Morgan fingerprint density at radius 2 is 1.89 bits per heavy atom. The highest BCUT2D eigenvalue weighted by Gasteiger charge is 2.26. The van der Waals surface area contributed by atoms with Crippen molar-refractivity contribution in [2.24, 2.45) is 5.92 Å². The molecule has 0 aromatic rings. The van der Waals surface area contributed by atoms with Gasteiger partial charge in [-0.25, -0.2) is 0 Å². The Kier molecular flexibility index (Phi) is 1.85. The van der Waals surface area contributed by atoms with E-state index in [0.717, 1.165) is 0 Å². The largest absolute Gasteiger partial charge is 0.396 e. The molecule has 9 heavy (non-hydrogen) atoms. The van der Waals surface area contributed by atoms with Crippen molar-refractivity contribution in [2.45, 2.75) is 12.2 Å². The van der Waals surface area contributed by atoms with Gasteiger partial charge in [0, 0.05) is 5.92 Å². The van der Waals surface area contributed by atoms with Crippen LogP contribution in [0.3, 0.4) is 0 Å². The fraction of sp³-hybridized carbons (Fsp3) is 0.667. The first-order valence-corrected chi connectivity index (χ1v) is 2.91. The van der Waals surface area contributed by atoms with Gasteiger partial charge in [-0.15, -0.1) is 0 Å². The summed E-state index contributed by atoms with van der Waals surface area (Å²) in [6, 6.07) is 0. The molecule has 3 N–H and O–H groups in total. The average molecular weight is 130 g/mol. The fourth-order valence-corrected chi connectivity index (χ4v) is 0.906. The van der Waals surface area contributed by atoms with Crippen LogP contribution in [0.4, 0.5) is 0 Å². The van der Waals surface area contributed by atoms with Crippen LogP contribution in [0.1, 0.15) is 0 Å². The second-order valence-electron chi connectivity index (χ2n) is 2.21. The molecule has 0 aliphatic heterocycles. The smallest absolute Gasteiger partial charge is 0.0986 e. The van der Waals surface area contributed by atoms with Gasteiger partial charge in [0.15, 0.2) is 0 Å². The first-order chi connectivity index (χ1) is 4.25. The lowest BCUT2D eigenvalue weighted by Crippen LogP contribution is -2.27. The standard InChI is InChI=1S/C6H10O3/c7-3-4-1-2-5(8)6(4)9/h1-2,4-9H,3H2/t4-,5-,6?/m1/s1. The minimum atomic E-state index is -0.810. The Labute approximate surface area is 53.3 Å². The molecule has 0 heterocycles. The van der Waals surface area contributed by atoms with Gasteiger partial charge in [0.1, 0.15) is 0 Å². The van der Waals surface area contributed by atoms with Crippen LogP contribution in [-0.4, -0.2) is 34.1 Å². The van der Waals surface area contributed by atoms with Crippen molar-refractivity contribution in [1.82, 2.24) is 0 Å². The maximum absolute atomic E-state index is 8.98. The number of hydrogen-bond donors (Lipinski definition) is 3. The van der Waals surface area contributed by atoms with Gasteiger partial charge < -0.3 is 15.3 Å². The molecule has 1 unspecified atom stereocenters. The lowest BCUT2D eigenvalue weighted by molar-refractivity contribution is 0.0181. The maximum Gasteiger partial charge on any atom is 0.0986 e. The molecule has 0 saturated carbocycles. The third-order valence-corrected chi connectivity index (χ3v) is 1.55. The zero-order chi connectivity index (χ0) is 6.85. The van der Waals surface area contributed by atoms with Crippen LogP contribution in [-0.2, 0) is 0 Å². The summed E-state index contributed by atoms with van der Waals surface area (Å²) in [6.45, 7) is -0.102. The molecule has 0 spiro atoms. The Morgan fingerprint density at radius 3 is 2.11 bits per heavy atom. The summed E-state index contributed by atoms with van der Waals surface area (Å²) in [5.41, 5.74) is 0. The van der Waals surface area contributed by atoms with Crippen LogP contribution >= 0.6 is 0 Å². The highest BCUT2D eigenvalue weighted by molar-refractivity contribution is 5.07. The van der Waals surface area contributed by atoms with Gasteiger partial charge in [-0.05, 0) is 0 Å². The highest BCUT2D eigenvalue weighted by atomic mass is 16.3. The van der Waals surface area contributed by atoms with Gasteiger partial charge in [-0.1, -0.05) is 12.2 Å². The average Bonchev–Trinajstić information content (AvgIpc) is 2.15. The van der Waals surface area contributed by atoms with Gasteiger partial charge >= 0.3 is 0 Å². The van der Waals surface area contributed by atoms with Gasteiger partial charge in [-0.3, -0.25) is 0 Å². The molecule has 1 aliphatic rings. The fourth-order valence-electron chi connectivity index (χ4n) is 0.906. The third kappa shape index (κ3) is 1.13. The Morgan fingerprint density at radius 1 is 1.22 bits per heavy atom. The summed E-state index contributed by atoms with van der Waals surface area (Å²) in [4.78, 5) is 0. The van der Waals surface area contributed by atoms with Gasteiger partial charge in [0.25, 0.3) is 0 Å². The quantitative estimate of drug-likeness (QED) is 0.394. The number of hydrogen-bond acceptors (Lipinski definition) is 3. The zero-order valence-corrected chi connectivity index (χ0v) is 4.94. The SMILES string of the molecule is OC[C@H]1C=C[C@@H](O)C1O. The van der Waals surface area contributed by atoms with Crippen molar-refractivity contribution in [2.75, 3.05) is 6.61 Å². The van der Waals surface area contributed by atoms with E-state index in [1.54, 1.807) is 6.08 Å². The highest BCUT2D eigenvalue weighted by Crippen LogP contribution is 2.17. The summed E-state index contributed by atoms with van der Waals surface area (Å²) in [5, 5.41) is 26.4. The van der Waals surface area contributed by atoms with E-state index in [4.69, 9.17) is 15.3 Å². The van der Waals surface area contributed by atoms with Gasteiger partial charge in [0.2, 0.25) is 0 Å². The molecule has 0 aromatic carbocycles. The van der Waals surface area contributed by atoms with Crippen molar-refractivity contribution in [3.8, 4) is 0 Å². The van der Waals surface area contributed by atoms with Crippen LogP contribution in [0.15, 0.2) is 12.2 Å². The van der Waals surface area contributed by atoms with Crippen LogP contribution in [0.25, 0.3) is 0 Å². The molecule has 52 valence electrons. The first kappa shape index (κ1) is 6.74. The lowest BCUT2D eigenvalue weighted by Gasteiger charge is -2.12. The monoisotopic (exact) mass is 130 g/mol. The van der Waals surface area contributed by atoms with E-state index in [9.17, 15) is 0 Å². The second-order valence-corrected chi connectivity index (χ2v) is 2.21. The lowest BCUT2D eigenvalue weighted by atomic mass is 10.1. The maximum atomic E-state index is 8.98. The molecule has 0 fully saturated rings. The van der Waals surface area contributed by atoms with Crippen LogP contribution in [0.5, 0.6) is 0 Å². The normalized spacial score (nSPS) is 41.9. The van der Waals surface area contributed by atoms with E-state index < -0.39 is 12.2 Å². The third-order valence-electron chi connectivity index (χ3n) is 1.55. The zero-order valence-electron chi connectivity index (χ0n) is 4.94. The summed E-state index contributed by atoms with van der Waals surface area (Å²) >= 11 is 0. The molecule has 3 nitrogen and oxygen atoms in total. The van der Waals surface area contributed by atoms with E-state index in [-0.39, 0.29) is 12.5 Å². The molecular weight excluding hydrogens is 120 g/mol. The number of rotatable bonds is 1. The summed E-state index contributed by atoms with van der Waals surface area (Å²) < 4.78 is 0. The Balaban J connectivity index is 2.51. The predicted molar refractivity (Wildman–Crippen MR) is 31.7 cm³/mol. The molecule has 1 rings (SSSR count). The minimum absolute atomic E-state index is 0.102. The molecule has 0 amide bonds. The summed E-state index contributed by atoms with van der Waals surface area (Å²) in [5.74, 6) is -0.278. The van der Waals surface area contributed by atoms with Crippen LogP contribution in [0.2, 0.25) is 0 Å². The molecule has 3 heteroatoms. The number of aliphatic hydroxyl groups is 3. The number of aliphatic hydroxyl groups excluding tert-OH is 3. The minimum Gasteiger partial charge on any atom is -0.396 e. The second kappa shape index (κ2) is 2.47. The first-order valence-electron chi connectivity index (χ1n) is 2.91. The van der Waals surface area contributed by atoms with Gasteiger partial charge in [-0.2, -0.15) is 0 Å². The van der Waals surface area contributed by atoms with E-state index in [1.807, 2.05) is 0 Å². The van der Waals surface area contributed by atoms with Crippen molar-refractivity contribution < 1.29 is 15.3 Å². The molecule has 3 atom stereocenters. The van der Waals surface area contributed by atoms with Gasteiger partial charge in [0.05, 0.1) is 18.8 Å². The van der Waals surface area contributed by atoms with Crippen molar-refractivity contribution in [1.29, 1.82) is 0 Å². The molecular formula is C6H10O3. The van der Waals surface area contributed by atoms with Crippen molar-refractivity contribution >= 4 is 0 Å². The summed E-state index contributed by atoms with van der Waals surface area (Å²) in [6.07, 6.45) is 1.51. The Bertz CT molecular complexity index is 121. The van der Waals surface area contributed by atoms with E-state index in [0.29, 0.717) is 0 Å². The molecule has 1 aliphatic carbocycles.